The molecular weight excluding hydrogens is 382 g/mol. The summed E-state index contributed by atoms with van der Waals surface area (Å²) < 4.78 is 5.76. The quantitative estimate of drug-likeness (QED) is 0.347. The zero-order valence-corrected chi connectivity index (χ0v) is 16.4. The molecule has 0 bridgehead atoms. The Kier molecular flexibility index (Phi) is 6.89. The van der Waals surface area contributed by atoms with E-state index in [0.717, 1.165) is 16.9 Å². The maximum atomic E-state index is 11.9. The van der Waals surface area contributed by atoms with Crippen LogP contribution < -0.4 is 10.2 Å². The molecule has 3 aromatic carbocycles. The van der Waals surface area contributed by atoms with Gasteiger partial charge in [-0.25, -0.2) is 5.43 Å². The summed E-state index contributed by atoms with van der Waals surface area (Å²) in [7, 11) is 0. The Hall–Kier alpha value is -4.00. The van der Waals surface area contributed by atoms with Crippen LogP contribution in [0.4, 0.5) is 5.69 Å². The lowest BCUT2D eigenvalue weighted by Gasteiger charge is -2.07. The first-order valence-electron chi connectivity index (χ1n) is 9.33. The summed E-state index contributed by atoms with van der Waals surface area (Å²) >= 11 is 0. The summed E-state index contributed by atoms with van der Waals surface area (Å²) in [5.41, 5.74) is 6.23. The minimum absolute atomic E-state index is 0.0107. The van der Waals surface area contributed by atoms with Crippen molar-refractivity contribution in [3.63, 3.8) is 0 Å². The van der Waals surface area contributed by atoms with Crippen molar-refractivity contribution in [3.8, 4) is 5.75 Å². The number of aryl methyl sites for hydroxylation is 1. The number of carbonyl (C=O) groups excluding carboxylic acids is 1. The van der Waals surface area contributed by atoms with Crippen LogP contribution in [-0.2, 0) is 17.8 Å². The predicted octanol–water partition coefficient (Wildman–Crippen LogP) is 4.18. The van der Waals surface area contributed by atoms with Crippen molar-refractivity contribution in [3.05, 3.63) is 105 Å². The van der Waals surface area contributed by atoms with Crippen molar-refractivity contribution in [2.45, 2.75) is 20.0 Å². The first kappa shape index (κ1) is 20.7. The van der Waals surface area contributed by atoms with Gasteiger partial charge in [0, 0.05) is 12.1 Å². The highest BCUT2D eigenvalue weighted by atomic mass is 16.6. The molecule has 0 spiro atoms. The molecular formula is C23H21N3O4. The van der Waals surface area contributed by atoms with Crippen molar-refractivity contribution in [2.24, 2.45) is 5.10 Å². The van der Waals surface area contributed by atoms with Crippen LogP contribution in [0.1, 0.15) is 22.3 Å². The maximum absolute atomic E-state index is 11.9. The van der Waals surface area contributed by atoms with Crippen LogP contribution >= 0.6 is 0 Å². The SMILES string of the molecule is Cc1ccc(COc2ccc(/C=N\NC(=O)Cc3ccc([N+](=O)[O-])cc3)cc2)cc1. The molecule has 0 aliphatic carbocycles. The molecule has 7 nitrogen and oxygen atoms in total. The number of benzene rings is 3. The molecule has 0 aliphatic rings. The molecule has 0 heterocycles. The Morgan fingerprint density at radius 3 is 2.27 bits per heavy atom. The van der Waals surface area contributed by atoms with Gasteiger partial charge in [0.1, 0.15) is 12.4 Å². The van der Waals surface area contributed by atoms with Gasteiger partial charge in [0.15, 0.2) is 0 Å². The summed E-state index contributed by atoms with van der Waals surface area (Å²) in [6, 6.07) is 21.4. The largest absolute Gasteiger partial charge is 0.489 e. The van der Waals surface area contributed by atoms with Crippen molar-refractivity contribution >= 4 is 17.8 Å². The molecule has 0 fully saturated rings. The highest BCUT2D eigenvalue weighted by Gasteiger charge is 2.06. The summed E-state index contributed by atoms with van der Waals surface area (Å²) in [6.45, 7) is 2.54. The first-order chi connectivity index (χ1) is 14.5. The number of nitro groups is 1. The Labute approximate surface area is 174 Å². The molecule has 152 valence electrons. The zero-order valence-electron chi connectivity index (χ0n) is 16.4. The van der Waals surface area contributed by atoms with E-state index in [1.54, 1.807) is 12.1 Å². The van der Waals surface area contributed by atoms with Crippen LogP contribution in [0.5, 0.6) is 5.75 Å². The van der Waals surface area contributed by atoms with Gasteiger partial charge in [-0.2, -0.15) is 5.10 Å². The average Bonchev–Trinajstić information content (AvgIpc) is 2.74. The molecule has 0 atom stereocenters. The number of amides is 1. The van der Waals surface area contributed by atoms with Crippen LogP contribution in [0.15, 0.2) is 77.9 Å². The zero-order chi connectivity index (χ0) is 21.3. The number of non-ortho nitro benzene ring substituents is 1. The number of nitrogens with zero attached hydrogens (tertiary/aromatic N) is 2. The summed E-state index contributed by atoms with van der Waals surface area (Å²) in [5.74, 6) is 0.438. The lowest BCUT2D eigenvalue weighted by Crippen LogP contribution is -2.19. The van der Waals surface area contributed by atoms with Gasteiger partial charge in [-0.15, -0.1) is 0 Å². The Morgan fingerprint density at radius 2 is 1.63 bits per heavy atom. The van der Waals surface area contributed by atoms with Crippen LogP contribution in [0.2, 0.25) is 0 Å². The molecule has 1 N–H and O–H groups in total. The van der Waals surface area contributed by atoms with E-state index < -0.39 is 4.92 Å². The fraction of sp³-hybridized carbons (Fsp3) is 0.130. The van der Waals surface area contributed by atoms with Crippen molar-refractivity contribution in [2.75, 3.05) is 0 Å². The number of hydrogen-bond acceptors (Lipinski definition) is 5. The number of carbonyl (C=O) groups is 1. The van der Waals surface area contributed by atoms with E-state index in [9.17, 15) is 14.9 Å². The van der Waals surface area contributed by atoms with Gasteiger partial charge in [-0.1, -0.05) is 42.0 Å². The fourth-order valence-electron chi connectivity index (χ4n) is 2.64. The van der Waals surface area contributed by atoms with E-state index in [0.29, 0.717) is 12.2 Å². The van der Waals surface area contributed by atoms with Crippen molar-refractivity contribution < 1.29 is 14.5 Å². The minimum Gasteiger partial charge on any atom is -0.489 e. The summed E-state index contributed by atoms with van der Waals surface area (Å²) in [5, 5.41) is 14.6. The number of rotatable bonds is 8. The van der Waals surface area contributed by atoms with Gasteiger partial charge in [0.2, 0.25) is 5.91 Å². The van der Waals surface area contributed by atoms with E-state index in [1.165, 1.54) is 23.9 Å². The van der Waals surface area contributed by atoms with E-state index in [4.69, 9.17) is 4.74 Å². The first-order valence-corrected chi connectivity index (χ1v) is 9.33. The van der Waals surface area contributed by atoms with Crippen molar-refractivity contribution in [1.82, 2.24) is 5.43 Å². The number of ether oxygens (including phenoxy) is 1. The number of hydrazone groups is 1. The highest BCUT2D eigenvalue weighted by Crippen LogP contribution is 2.14. The van der Waals surface area contributed by atoms with Gasteiger partial charge in [-0.3, -0.25) is 14.9 Å². The van der Waals surface area contributed by atoms with Crippen molar-refractivity contribution in [1.29, 1.82) is 0 Å². The molecule has 0 aliphatic heterocycles. The highest BCUT2D eigenvalue weighted by molar-refractivity contribution is 5.83. The van der Waals surface area contributed by atoms with Gasteiger partial charge < -0.3 is 4.74 Å². The molecule has 0 saturated carbocycles. The molecule has 3 rings (SSSR count). The molecule has 1 amide bonds. The average molecular weight is 403 g/mol. The predicted molar refractivity (Wildman–Crippen MR) is 114 cm³/mol. The van der Waals surface area contributed by atoms with Gasteiger partial charge in [0.05, 0.1) is 17.6 Å². The third-order valence-electron chi connectivity index (χ3n) is 4.32. The third-order valence-corrected chi connectivity index (χ3v) is 4.32. The standard InChI is InChI=1S/C23H21N3O4/c1-17-2-4-20(5-3-17)16-30-22-12-8-19(9-13-22)15-24-25-23(27)14-18-6-10-21(11-7-18)26(28)29/h2-13,15H,14,16H2,1H3,(H,25,27)/b24-15-. The molecule has 0 saturated heterocycles. The van der Waals surface area contributed by atoms with E-state index in [1.807, 2.05) is 55.5 Å². The molecule has 0 unspecified atom stereocenters. The van der Waals surface area contributed by atoms with Gasteiger partial charge >= 0.3 is 0 Å². The monoisotopic (exact) mass is 403 g/mol. The topological polar surface area (TPSA) is 93.8 Å². The number of nitro benzene ring substituents is 1. The van der Waals surface area contributed by atoms with E-state index in [2.05, 4.69) is 10.5 Å². The smallest absolute Gasteiger partial charge is 0.269 e. The fourth-order valence-corrected chi connectivity index (χ4v) is 2.64. The molecule has 7 heteroatoms. The Morgan fingerprint density at radius 1 is 1.00 bits per heavy atom. The van der Waals surface area contributed by atoms with Gasteiger partial charge in [-0.05, 0) is 47.9 Å². The second kappa shape index (κ2) is 9.97. The molecule has 3 aromatic rings. The second-order valence-electron chi connectivity index (χ2n) is 6.74. The number of hydrogen-bond donors (Lipinski definition) is 1. The maximum Gasteiger partial charge on any atom is 0.269 e. The molecule has 30 heavy (non-hydrogen) atoms. The normalized spacial score (nSPS) is 10.7. The van der Waals surface area contributed by atoms with Gasteiger partial charge in [0.25, 0.3) is 5.69 Å². The van der Waals surface area contributed by atoms with Crippen LogP contribution in [0.3, 0.4) is 0 Å². The summed E-state index contributed by atoms with van der Waals surface area (Å²) in [4.78, 5) is 22.1. The Bertz CT molecular complexity index is 1030. The van der Waals surface area contributed by atoms with Crippen LogP contribution in [0.25, 0.3) is 0 Å². The van der Waals surface area contributed by atoms with E-state index >= 15 is 0 Å². The molecule has 0 radical (unpaired) electrons. The lowest BCUT2D eigenvalue weighted by atomic mass is 10.1. The van der Waals surface area contributed by atoms with Crippen LogP contribution in [0, 0.1) is 17.0 Å². The van der Waals surface area contributed by atoms with E-state index in [-0.39, 0.29) is 18.0 Å². The minimum atomic E-state index is -0.479. The Balaban J connectivity index is 1.45. The summed E-state index contributed by atoms with van der Waals surface area (Å²) in [6.07, 6.45) is 1.62. The number of nitrogens with one attached hydrogen (secondary N) is 1. The van der Waals surface area contributed by atoms with Crippen LogP contribution in [-0.4, -0.2) is 17.0 Å². The third kappa shape index (κ3) is 6.27. The molecule has 0 aromatic heterocycles. The lowest BCUT2D eigenvalue weighted by molar-refractivity contribution is -0.384. The second-order valence-corrected chi connectivity index (χ2v) is 6.74.